The minimum absolute atomic E-state index is 0.0160. The summed E-state index contributed by atoms with van der Waals surface area (Å²) in [6.07, 6.45) is 1.93. The van der Waals surface area contributed by atoms with E-state index in [2.05, 4.69) is 109 Å². The van der Waals surface area contributed by atoms with Crippen molar-refractivity contribution >= 4 is 93.1 Å². The molecule has 4 heterocycles. The van der Waals surface area contributed by atoms with Gasteiger partial charge in [-0.1, -0.05) is 169 Å². The SMILES string of the molecule is Cc1ncsc1-c1ccc(CNC(=O)C2CC(O)CN2C(=O)[C@@H](NC(=O)CO[C@@H](C)CCCCOc2ccc(C(=O)N[C@H]3C(C)(C)[C@H](Oc4ccc(C#N)c(Cl)c4)C3(C)C)cc2)C(C)(C)C)cc1.Cc1ncsc1-c1ccc(CNC(=O)[C@@H]2C[C@@H](O)CN2C(=O)[C@@H](NC(=O)CO[C@H](C)CCCCOc2ccc(C(=O)N[C@H]3C(C)(C)[C@H](Oc4ccc(C#N)c(Cl)c4)C3(C)C)cc2)C(C)(C)C)cc1. The zero-order valence-electron chi connectivity index (χ0n) is 81.0. The molecule has 8 atom stereocenters. The number of nitriles is 2. The normalized spacial score (nSPS) is 20.3. The van der Waals surface area contributed by atoms with E-state index < -0.39 is 92.5 Å². The summed E-state index contributed by atoms with van der Waals surface area (Å²) in [6, 6.07) is 39.9. The number of aryl methyl sites for hydroxylation is 2. The first kappa shape index (κ1) is 105. The van der Waals surface area contributed by atoms with Crippen molar-refractivity contribution in [2.24, 2.45) is 32.5 Å². The number of aliphatic hydroxyl groups excluding tert-OH is 2. The molecule has 2 aliphatic heterocycles. The number of benzene rings is 6. The molecular formula is C104H130Cl2N12O16S2. The molecule has 28 nitrogen and oxygen atoms in total. The molecule has 0 spiro atoms. The van der Waals surface area contributed by atoms with Gasteiger partial charge in [0.1, 0.15) is 84.7 Å². The molecule has 4 aliphatic rings. The maximum absolute atomic E-state index is 14.0. The first-order valence-corrected chi connectivity index (χ1v) is 48.8. The van der Waals surface area contributed by atoms with Crippen LogP contribution < -0.4 is 50.8 Å². The van der Waals surface area contributed by atoms with Crippen molar-refractivity contribution in [2.75, 3.05) is 39.5 Å². The number of aromatic nitrogens is 2. The molecule has 4 fully saturated rings. The molecule has 136 heavy (non-hydrogen) atoms. The van der Waals surface area contributed by atoms with E-state index in [9.17, 15) is 59.1 Å². The smallest absolute Gasteiger partial charge is 0.251 e. The van der Waals surface area contributed by atoms with Gasteiger partial charge in [0.25, 0.3) is 11.8 Å². The van der Waals surface area contributed by atoms with E-state index in [1.165, 1.54) is 9.80 Å². The molecule has 6 aromatic carbocycles. The van der Waals surface area contributed by atoms with Crippen molar-refractivity contribution < 1.29 is 77.0 Å². The summed E-state index contributed by atoms with van der Waals surface area (Å²) < 4.78 is 36.4. The Hall–Kier alpha value is -11.1. The largest absolute Gasteiger partial charge is 0.494 e. The fourth-order valence-corrected chi connectivity index (χ4v) is 21.1. The first-order chi connectivity index (χ1) is 64.2. The molecule has 728 valence electrons. The van der Waals surface area contributed by atoms with Crippen LogP contribution in [0.15, 0.2) is 144 Å². The zero-order valence-corrected chi connectivity index (χ0v) is 84.1. The van der Waals surface area contributed by atoms with Gasteiger partial charge in [-0.15, -0.1) is 22.7 Å². The van der Waals surface area contributed by atoms with Crippen molar-refractivity contribution in [3.8, 4) is 56.0 Å². The molecule has 32 heteroatoms. The average Bonchev–Trinajstić information content (AvgIpc) is 0.778. The van der Waals surface area contributed by atoms with Gasteiger partial charge in [0.15, 0.2) is 0 Å². The van der Waals surface area contributed by atoms with E-state index >= 15 is 0 Å². The Morgan fingerprint density at radius 3 is 1.15 bits per heavy atom. The molecule has 0 bridgehead atoms. The number of halogens is 2. The highest BCUT2D eigenvalue weighted by Gasteiger charge is 2.65. The van der Waals surface area contributed by atoms with E-state index in [0.717, 1.165) is 69.1 Å². The van der Waals surface area contributed by atoms with Gasteiger partial charge in [0, 0.05) is 96.0 Å². The summed E-state index contributed by atoms with van der Waals surface area (Å²) in [5.74, 6) is -0.474. The fraction of sp³-hybridized carbons (Fsp3) is 0.500. The van der Waals surface area contributed by atoms with Gasteiger partial charge in [0.05, 0.1) is 91.0 Å². The van der Waals surface area contributed by atoms with Crippen LogP contribution in [0.2, 0.25) is 10.0 Å². The Labute approximate surface area is 816 Å². The molecule has 8 N–H and O–H groups in total. The summed E-state index contributed by atoms with van der Waals surface area (Å²) in [6.45, 7) is 36.1. The van der Waals surface area contributed by atoms with Crippen LogP contribution in [0.3, 0.4) is 0 Å². The number of aliphatic hydroxyl groups is 2. The number of nitrogens with zero attached hydrogens (tertiary/aromatic N) is 6. The van der Waals surface area contributed by atoms with Crippen LogP contribution >= 0.6 is 45.9 Å². The summed E-state index contributed by atoms with van der Waals surface area (Å²) in [4.78, 5) is 122. The number of thiazole rings is 2. The Morgan fingerprint density at radius 1 is 0.500 bits per heavy atom. The third-order valence-corrected chi connectivity index (χ3v) is 28.6. The lowest BCUT2D eigenvalue weighted by atomic mass is 9.49. The standard InChI is InChI=1S/2C52H65ClN6O8S/c2*1-31(12-10-11-23-65-38-20-17-35(18-21-38)45(62)58-48-51(6,7)49(52(48,8)9)67-39-22-19-36(26-54)40(53)25-39)66-29-42(61)57-44(50(3,4)5)47(64)59-28-37(60)24-41(59)46(63)55-27-33-13-15-34(16-14-33)43-32(2)56-30-68-43/h2*13-22,25,30-31,37,41,44,48-49,60H,10-12,23-24,27-29H2,1-9H3,(H,55,63)(H,57,61)(H,58,62)/t31-,37?,41?,44+,48-,49-;31-,37-,41+,44-,48-,49-/m01/s1. The number of hydrogen-bond donors (Lipinski definition) is 8. The molecule has 0 radical (unpaired) electrons. The molecule has 12 rings (SSSR count). The number of amides is 8. The topological polar surface area (TPSA) is 384 Å². The lowest BCUT2D eigenvalue weighted by Crippen LogP contribution is -2.74. The predicted molar refractivity (Wildman–Crippen MR) is 524 cm³/mol. The number of rotatable bonds is 38. The molecule has 8 amide bonds. The van der Waals surface area contributed by atoms with Crippen molar-refractivity contribution in [1.29, 1.82) is 10.5 Å². The second kappa shape index (κ2) is 45.5. The van der Waals surface area contributed by atoms with Gasteiger partial charge < -0.3 is 80.3 Å². The molecule has 2 saturated carbocycles. The number of carbonyl (C=O) groups is 8. The Balaban J connectivity index is 0.000000261. The minimum atomic E-state index is -0.962. The summed E-state index contributed by atoms with van der Waals surface area (Å²) >= 11 is 15.6. The van der Waals surface area contributed by atoms with E-state index in [-0.39, 0.29) is 112 Å². The summed E-state index contributed by atoms with van der Waals surface area (Å²) in [5.41, 5.74) is 8.25. The fourth-order valence-electron chi connectivity index (χ4n) is 19.0. The maximum atomic E-state index is 14.0. The Bertz CT molecular complexity index is 5230. The predicted octanol–water partition coefficient (Wildman–Crippen LogP) is 16.0. The van der Waals surface area contributed by atoms with Crippen LogP contribution in [0.25, 0.3) is 20.9 Å². The van der Waals surface area contributed by atoms with Crippen molar-refractivity contribution in [2.45, 2.75) is 262 Å². The highest BCUT2D eigenvalue weighted by atomic mass is 35.5. The molecule has 2 aromatic heterocycles. The third kappa shape index (κ3) is 26.4. The number of β-amino-alcohol motifs (C(OH)–C–C–N with tert-alkyl or cyclic N) is 2. The van der Waals surface area contributed by atoms with Gasteiger partial charge in [-0.25, -0.2) is 9.97 Å². The average molecular weight is 1940 g/mol. The van der Waals surface area contributed by atoms with Crippen LogP contribution in [-0.4, -0.2) is 190 Å². The number of carbonyl (C=O) groups excluding carboxylic acids is 8. The van der Waals surface area contributed by atoms with Gasteiger partial charge in [-0.2, -0.15) is 10.5 Å². The summed E-state index contributed by atoms with van der Waals surface area (Å²) in [5, 5.41) is 58.3. The second-order valence-corrected chi connectivity index (χ2v) is 43.0. The lowest BCUT2D eigenvalue weighted by Gasteiger charge is -2.63. The molecule has 2 saturated heterocycles. The third-order valence-electron chi connectivity index (χ3n) is 26.1. The van der Waals surface area contributed by atoms with E-state index in [1.807, 2.05) is 129 Å². The molecular weight excluding hydrogens is 1810 g/mol. The van der Waals surface area contributed by atoms with Crippen molar-refractivity contribution in [1.82, 2.24) is 51.7 Å². The summed E-state index contributed by atoms with van der Waals surface area (Å²) in [7, 11) is 0. The van der Waals surface area contributed by atoms with Crippen molar-refractivity contribution in [3.63, 3.8) is 0 Å². The van der Waals surface area contributed by atoms with Crippen molar-refractivity contribution in [3.05, 3.63) is 199 Å². The Kier molecular flexibility index (Phi) is 35.3. The molecule has 2 unspecified atom stereocenters. The van der Waals surface area contributed by atoms with Crippen LogP contribution in [-0.2, 0) is 51.3 Å². The number of unbranched alkanes of at least 4 members (excludes halogenated alkanes) is 2. The van der Waals surface area contributed by atoms with Gasteiger partial charge >= 0.3 is 0 Å². The van der Waals surface area contributed by atoms with Gasteiger partial charge in [-0.05, 0) is 172 Å². The molecule has 8 aromatic rings. The van der Waals surface area contributed by atoms with Crippen LogP contribution in [0.1, 0.15) is 217 Å². The first-order valence-electron chi connectivity index (χ1n) is 46.3. The minimum Gasteiger partial charge on any atom is -0.494 e. The quantitative estimate of drug-likeness (QED) is 0.0167. The van der Waals surface area contributed by atoms with Crippen LogP contribution in [0.5, 0.6) is 23.0 Å². The highest BCUT2D eigenvalue weighted by Crippen LogP contribution is 2.57. The molecule has 2 aliphatic carbocycles. The lowest BCUT2D eigenvalue weighted by molar-refractivity contribution is -0.164. The van der Waals surface area contributed by atoms with E-state index in [1.54, 1.807) is 108 Å². The maximum Gasteiger partial charge on any atom is 0.251 e. The Morgan fingerprint density at radius 2 is 0.838 bits per heavy atom. The van der Waals surface area contributed by atoms with Crippen LogP contribution in [0.4, 0.5) is 0 Å². The van der Waals surface area contributed by atoms with Gasteiger partial charge in [0.2, 0.25) is 35.4 Å². The van der Waals surface area contributed by atoms with E-state index in [4.69, 9.17) is 51.6 Å². The number of ether oxygens (including phenoxy) is 6. The number of nitrogens with one attached hydrogen (secondary N) is 6. The number of likely N-dealkylation sites (tertiary alicyclic amines) is 2. The highest BCUT2D eigenvalue weighted by molar-refractivity contribution is 7.13. The number of hydrogen-bond acceptors (Lipinski definition) is 22. The van der Waals surface area contributed by atoms with Crippen LogP contribution in [0, 0.1) is 69.0 Å². The zero-order chi connectivity index (χ0) is 99.1. The van der Waals surface area contributed by atoms with E-state index in [0.29, 0.717) is 81.4 Å². The van der Waals surface area contributed by atoms with Gasteiger partial charge in [-0.3, -0.25) is 38.4 Å². The monoisotopic (exact) mass is 1940 g/mol. The second-order valence-electron chi connectivity index (χ2n) is 40.5.